The number of anilines is 1. The Kier molecular flexibility index (Phi) is 6.07. The Bertz CT molecular complexity index is 374. The first-order valence-corrected chi connectivity index (χ1v) is 6.29. The molecule has 1 aromatic rings. The average Bonchev–Trinajstić information content (AvgIpc) is 2.33. The van der Waals surface area contributed by atoms with Gasteiger partial charge in [-0.1, -0.05) is 6.92 Å². The van der Waals surface area contributed by atoms with Crippen molar-refractivity contribution >= 4 is 17.5 Å². The summed E-state index contributed by atoms with van der Waals surface area (Å²) in [4.78, 5) is 16.4. The topological polar surface area (TPSA) is 54.4 Å². The Labute approximate surface area is 113 Å². The maximum atomic E-state index is 5.86. The quantitative estimate of drug-likeness (QED) is 0.747. The van der Waals surface area contributed by atoms with E-state index < -0.39 is 0 Å². The second-order valence-corrected chi connectivity index (χ2v) is 4.52. The smallest absolute Gasteiger partial charge is 0.322 e. The lowest BCUT2D eigenvalue weighted by atomic mass is 10.4. The van der Waals surface area contributed by atoms with Crippen molar-refractivity contribution in [1.82, 2.24) is 19.9 Å². The number of likely N-dealkylation sites (N-methyl/N-ethyl adjacent to an activating group) is 1. The Hall–Kier alpha value is -1.14. The Morgan fingerprint density at radius 1 is 1.11 bits per heavy atom. The molecule has 0 N–H and O–H groups in total. The van der Waals surface area contributed by atoms with Crippen molar-refractivity contribution in [3.05, 3.63) is 5.28 Å². The van der Waals surface area contributed by atoms with Gasteiger partial charge in [-0.05, 0) is 32.1 Å². The Morgan fingerprint density at radius 3 is 2.39 bits per heavy atom. The number of methoxy groups -OCH3 is 1. The molecule has 7 heteroatoms. The minimum Gasteiger partial charge on any atom is -0.467 e. The molecule has 0 aliphatic heterocycles. The summed E-state index contributed by atoms with van der Waals surface area (Å²) in [7, 11) is 5.58. The second-order valence-electron chi connectivity index (χ2n) is 4.18. The van der Waals surface area contributed by atoms with Crippen molar-refractivity contribution in [3.8, 4) is 6.01 Å². The largest absolute Gasteiger partial charge is 0.467 e. The summed E-state index contributed by atoms with van der Waals surface area (Å²) in [6.07, 6.45) is 1.01. The number of rotatable bonds is 7. The third-order valence-corrected chi connectivity index (χ3v) is 2.52. The molecule has 0 bridgehead atoms. The van der Waals surface area contributed by atoms with Gasteiger partial charge in [0.25, 0.3) is 0 Å². The van der Waals surface area contributed by atoms with Crippen LogP contribution in [0.15, 0.2) is 0 Å². The monoisotopic (exact) mass is 273 g/mol. The lowest BCUT2D eigenvalue weighted by molar-refractivity contribution is 0.376. The summed E-state index contributed by atoms with van der Waals surface area (Å²) in [5.74, 6) is 0.565. The van der Waals surface area contributed by atoms with Crippen LogP contribution in [0.2, 0.25) is 5.28 Å². The van der Waals surface area contributed by atoms with Gasteiger partial charge in [-0.2, -0.15) is 15.0 Å². The molecular weight excluding hydrogens is 254 g/mol. The first kappa shape index (κ1) is 14.9. The molecule has 1 heterocycles. The summed E-state index contributed by atoms with van der Waals surface area (Å²) < 4.78 is 5.01. The van der Waals surface area contributed by atoms with Crippen LogP contribution >= 0.6 is 11.6 Å². The highest BCUT2D eigenvalue weighted by Gasteiger charge is 2.12. The number of halogens is 1. The molecule has 0 fully saturated rings. The Morgan fingerprint density at radius 2 is 1.83 bits per heavy atom. The number of nitrogens with zero attached hydrogens (tertiary/aromatic N) is 5. The predicted molar refractivity (Wildman–Crippen MR) is 72.4 cm³/mol. The normalized spacial score (nSPS) is 10.8. The van der Waals surface area contributed by atoms with Crippen LogP contribution < -0.4 is 9.64 Å². The van der Waals surface area contributed by atoms with Crippen LogP contribution in [-0.2, 0) is 0 Å². The third kappa shape index (κ3) is 4.62. The summed E-state index contributed by atoms with van der Waals surface area (Å²) >= 11 is 5.86. The summed E-state index contributed by atoms with van der Waals surface area (Å²) in [6.45, 7) is 4.75. The zero-order chi connectivity index (χ0) is 13.5. The van der Waals surface area contributed by atoms with E-state index in [9.17, 15) is 0 Å². The van der Waals surface area contributed by atoms with Gasteiger partial charge in [0.05, 0.1) is 7.11 Å². The first-order chi connectivity index (χ1) is 8.56. The fraction of sp³-hybridized carbons (Fsp3) is 0.727. The molecule has 1 aromatic heterocycles. The maximum absolute atomic E-state index is 5.86. The number of hydrogen-bond donors (Lipinski definition) is 0. The van der Waals surface area contributed by atoms with Crippen LogP contribution in [-0.4, -0.2) is 60.7 Å². The molecule has 0 radical (unpaired) electrons. The van der Waals surface area contributed by atoms with Crippen molar-refractivity contribution < 1.29 is 4.74 Å². The van der Waals surface area contributed by atoms with Crippen molar-refractivity contribution in [2.75, 3.05) is 45.7 Å². The molecule has 6 nitrogen and oxygen atoms in total. The molecule has 0 spiro atoms. The van der Waals surface area contributed by atoms with Crippen LogP contribution in [0.1, 0.15) is 13.3 Å². The summed E-state index contributed by atoms with van der Waals surface area (Å²) in [5, 5.41) is 0.155. The lowest BCUT2D eigenvalue weighted by Gasteiger charge is -2.23. The van der Waals surface area contributed by atoms with E-state index in [0.717, 1.165) is 26.1 Å². The zero-order valence-electron chi connectivity index (χ0n) is 11.4. The highest BCUT2D eigenvalue weighted by Crippen LogP contribution is 2.15. The van der Waals surface area contributed by atoms with E-state index in [2.05, 4.69) is 31.7 Å². The van der Waals surface area contributed by atoms with Gasteiger partial charge in [-0.15, -0.1) is 0 Å². The molecule has 0 unspecified atom stereocenters. The summed E-state index contributed by atoms with van der Waals surface area (Å²) in [5.41, 5.74) is 0. The minimum absolute atomic E-state index is 0.155. The van der Waals surface area contributed by atoms with Crippen molar-refractivity contribution in [2.45, 2.75) is 13.3 Å². The molecule has 1 rings (SSSR count). The fourth-order valence-corrected chi connectivity index (χ4v) is 1.61. The van der Waals surface area contributed by atoms with Gasteiger partial charge in [0.1, 0.15) is 0 Å². The molecule has 0 atom stereocenters. The molecule has 18 heavy (non-hydrogen) atoms. The highest BCUT2D eigenvalue weighted by atomic mass is 35.5. The number of ether oxygens (including phenoxy) is 1. The van der Waals surface area contributed by atoms with Gasteiger partial charge in [0, 0.05) is 19.6 Å². The third-order valence-electron chi connectivity index (χ3n) is 2.35. The average molecular weight is 274 g/mol. The number of aromatic nitrogens is 3. The molecule has 0 saturated carbocycles. The predicted octanol–water partition coefficient (Wildman–Crippen LogP) is 1.31. The standard InChI is InChI=1S/C11H20ClN5O/c1-5-6-17(8-7-16(2)3)10-13-9(12)14-11(15-10)18-4/h5-8H2,1-4H3. The molecule has 0 amide bonds. The van der Waals surface area contributed by atoms with Gasteiger partial charge in [0.2, 0.25) is 11.2 Å². The van der Waals surface area contributed by atoms with E-state index >= 15 is 0 Å². The van der Waals surface area contributed by atoms with E-state index in [4.69, 9.17) is 16.3 Å². The van der Waals surface area contributed by atoms with Crippen molar-refractivity contribution in [3.63, 3.8) is 0 Å². The van der Waals surface area contributed by atoms with E-state index in [0.29, 0.717) is 5.95 Å². The molecule has 0 saturated heterocycles. The van der Waals surface area contributed by atoms with Gasteiger partial charge in [-0.3, -0.25) is 0 Å². The SMILES string of the molecule is CCCN(CCN(C)C)c1nc(Cl)nc(OC)n1. The molecule has 0 aliphatic carbocycles. The Balaban J connectivity index is 2.86. The van der Waals surface area contributed by atoms with E-state index in [-0.39, 0.29) is 11.3 Å². The fourth-order valence-electron chi connectivity index (χ4n) is 1.46. The van der Waals surface area contributed by atoms with Crippen LogP contribution in [0.5, 0.6) is 6.01 Å². The van der Waals surface area contributed by atoms with Gasteiger partial charge < -0.3 is 14.5 Å². The van der Waals surface area contributed by atoms with E-state index in [1.807, 2.05) is 14.1 Å². The van der Waals surface area contributed by atoms with Crippen molar-refractivity contribution in [1.29, 1.82) is 0 Å². The molecular formula is C11H20ClN5O. The summed E-state index contributed by atoms with van der Waals surface area (Å²) in [6, 6.07) is 0.246. The van der Waals surface area contributed by atoms with Crippen LogP contribution in [0.25, 0.3) is 0 Å². The minimum atomic E-state index is 0.155. The van der Waals surface area contributed by atoms with Crippen LogP contribution in [0, 0.1) is 0 Å². The van der Waals surface area contributed by atoms with Gasteiger partial charge in [0.15, 0.2) is 0 Å². The lowest BCUT2D eigenvalue weighted by Crippen LogP contribution is -2.33. The molecule has 0 aromatic carbocycles. The van der Waals surface area contributed by atoms with Crippen LogP contribution in [0.3, 0.4) is 0 Å². The number of hydrogen-bond acceptors (Lipinski definition) is 6. The molecule has 102 valence electrons. The second kappa shape index (κ2) is 7.33. The van der Waals surface area contributed by atoms with Gasteiger partial charge >= 0.3 is 6.01 Å². The maximum Gasteiger partial charge on any atom is 0.322 e. The van der Waals surface area contributed by atoms with Crippen molar-refractivity contribution in [2.24, 2.45) is 0 Å². The van der Waals surface area contributed by atoms with Gasteiger partial charge in [-0.25, -0.2) is 0 Å². The molecule has 0 aliphatic rings. The van der Waals surface area contributed by atoms with E-state index in [1.54, 1.807) is 0 Å². The zero-order valence-corrected chi connectivity index (χ0v) is 12.1. The highest BCUT2D eigenvalue weighted by molar-refractivity contribution is 6.28. The van der Waals surface area contributed by atoms with E-state index in [1.165, 1.54) is 7.11 Å². The van der Waals surface area contributed by atoms with Crippen LogP contribution in [0.4, 0.5) is 5.95 Å². The first-order valence-electron chi connectivity index (χ1n) is 5.92.